The average Bonchev–Trinajstić information content (AvgIpc) is 2.75. The molecule has 0 spiro atoms. The Hall–Kier alpha value is -0.880. The normalized spacial score (nSPS) is 12.6. The zero-order valence-electron chi connectivity index (χ0n) is 12.1. The van der Waals surface area contributed by atoms with Gasteiger partial charge in [-0.2, -0.15) is 0 Å². The second-order valence-corrected chi connectivity index (χ2v) is 7.24. The Morgan fingerprint density at radius 2 is 2.05 bits per heavy atom. The number of thioether (sulfide) groups is 1. The lowest BCUT2D eigenvalue weighted by Gasteiger charge is -2.14. The maximum Gasteiger partial charge on any atom is 0.0947 e. The van der Waals surface area contributed by atoms with E-state index in [4.69, 9.17) is 5.84 Å². The monoisotopic (exact) mass is 307 g/mol. The summed E-state index contributed by atoms with van der Waals surface area (Å²) in [6, 6.07) is 8.68. The van der Waals surface area contributed by atoms with Gasteiger partial charge in [-0.25, -0.2) is 4.98 Å². The molecule has 2 rings (SSSR count). The summed E-state index contributed by atoms with van der Waals surface area (Å²) in [5, 5.41) is 1.16. The van der Waals surface area contributed by atoms with Crippen LogP contribution in [0.15, 0.2) is 29.2 Å². The van der Waals surface area contributed by atoms with Gasteiger partial charge >= 0.3 is 0 Å². The van der Waals surface area contributed by atoms with Gasteiger partial charge in [-0.3, -0.25) is 11.3 Å². The van der Waals surface area contributed by atoms with E-state index in [1.165, 1.54) is 15.3 Å². The summed E-state index contributed by atoms with van der Waals surface area (Å²) in [7, 11) is 0. The maximum absolute atomic E-state index is 5.68. The first-order valence-corrected chi connectivity index (χ1v) is 8.48. The van der Waals surface area contributed by atoms with Gasteiger partial charge in [0.1, 0.15) is 0 Å². The molecule has 108 valence electrons. The lowest BCUT2D eigenvalue weighted by molar-refractivity contribution is 0.574. The number of aryl methyl sites for hydroxylation is 3. The van der Waals surface area contributed by atoms with Gasteiger partial charge in [0.15, 0.2) is 0 Å². The molecule has 0 fully saturated rings. The van der Waals surface area contributed by atoms with Crippen molar-refractivity contribution >= 4 is 23.1 Å². The molecule has 1 atom stereocenters. The molecule has 1 aromatic carbocycles. The fourth-order valence-electron chi connectivity index (χ4n) is 1.91. The van der Waals surface area contributed by atoms with E-state index in [0.717, 1.165) is 22.9 Å². The van der Waals surface area contributed by atoms with Crippen molar-refractivity contribution in [1.29, 1.82) is 0 Å². The average molecular weight is 307 g/mol. The summed E-state index contributed by atoms with van der Waals surface area (Å²) in [6.07, 6.45) is 0.884. The Morgan fingerprint density at radius 3 is 2.65 bits per heavy atom. The Morgan fingerprint density at radius 1 is 1.30 bits per heavy atom. The third-order valence-electron chi connectivity index (χ3n) is 3.26. The molecular weight excluding hydrogens is 286 g/mol. The molecule has 0 bridgehead atoms. The molecule has 0 radical (unpaired) electrons. The number of nitrogens with two attached hydrogens (primary N) is 1. The molecule has 0 amide bonds. The van der Waals surface area contributed by atoms with Crippen LogP contribution in [0.2, 0.25) is 0 Å². The Labute approximate surface area is 129 Å². The molecule has 0 saturated heterocycles. The second-order valence-electron chi connectivity index (χ2n) is 4.89. The van der Waals surface area contributed by atoms with Crippen LogP contribution < -0.4 is 11.3 Å². The fourth-order valence-corrected chi connectivity index (χ4v) is 3.99. The van der Waals surface area contributed by atoms with Crippen molar-refractivity contribution in [1.82, 2.24) is 10.4 Å². The summed E-state index contributed by atoms with van der Waals surface area (Å²) in [5.74, 6) is 6.62. The zero-order valence-corrected chi connectivity index (χ0v) is 13.8. The van der Waals surface area contributed by atoms with Gasteiger partial charge in [-0.15, -0.1) is 23.1 Å². The van der Waals surface area contributed by atoms with Crippen LogP contribution in [0.3, 0.4) is 0 Å². The SMILES string of the molecule is Cc1ccccc1SCC(Cc1nc(C)c(C)s1)NN. The molecule has 1 aromatic heterocycles. The number of aromatic nitrogens is 1. The summed E-state index contributed by atoms with van der Waals surface area (Å²) in [6.45, 7) is 6.31. The van der Waals surface area contributed by atoms with Gasteiger partial charge in [0.25, 0.3) is 0 Å². The lowest BCUT2D eigenvalue weighted by atomic mass is 10.2. The van der Waals surface area contributed by atoms with Crippen LogP contribution in [0.5, 0.6) is 0 Å². The molecule has 20 heavy (non-hydrogen) atoms. The minimum atomic E-state index is 0.240. The van der Waals surface area contributed by atoms with Crippen LogP contribution in [-0.2, 0) is 6.42 Å². The van der Waals surface area contributed by atoms with E-state index < -0.39 is 0 Å². The first-order chi connectivity index (χ1) is 9.60. The highest BCUT2D eigenvalue weighted by Crippen LogP contribution is 2.24. The van der Waals surface area contributed by atoms with E-state index in [0.29, 0.717) is 0 Å². The van der Waals surface area contributed by atoms with Crippen LogP contribution in [-0.4, -0.2) is 16.8 Å². The molecule has 2 aromatic rings. The topological polar surface area (TPSA) is 50.9 Å². The van der Waals surface area contributed by atoms with Gasteiger partial charge in [0, 0.05) is 28.0 Å². The van der Waals surface area contributed by atoms with E-state index in [1.54, 1.807) is 11.3 Å². The number of hydrogen-bond acceptors (Lipinski definition) is 5. The highest BCUT2D eigenvalue weighted by Gasteiger charge is 2.12. The number of nitrogens with zero attached hydrogens (tertiary/aromatic N) is 1. The first kappa shape index (κ1) is 15.5. The van der Waals surface area contributed by atoms with Crippen molar-refractivity contribution in [2.75, 3.05) is 5.75 Å². The number of rotatable bonds is 6. The van der Waals surface area contributed by atoms with Crippen LogP contribution in [0.1, 0.15) is 21.1 Å². The van der Waals surface area contributed by atoms with Crippen molar-refractivity contribution in [3.05, 3.63) is 45.4 Å². The van der Waals surface area contributed by atoms with Crippen LogP contribution >= 0.6 is 23.1 Å². The Balaban J connectivity index is 1.94. The minimum absolute atomic E-state index is 0.240. The van der Waals surface area contributed by atoms with Gasteiger partial charge in [0.05, 0.1) is 10.7 Å². The molecule has 1 heterocycles. The highest BCUT2D eigenvalue weighted by atomic mass is 32.2. The van der Waals surface area contributed by atoms with E-state index in [-0.39, 0.29) is 6.04 Å². The van der Waals surface area contributed by atoms with E-state index in [2.05, 4.69) is 55.4 Å². The fraction of sp³-hybridized carbons (Fsp3) is 0.400. The molecule has 0 aliphatic carbocycles. The Bertz CT molecular complexity index is 546. The summed E-state index contributed by atoms with van der Waals surface area (Å²) in [5.41, 5.74) is 5.36. The molecule has 3 N–H and O–H groups in total. The molecule has 1 unspecified atom stereocenters. The summed E-state index contributed by atoms with van der Waals surface area (Å²) < 4.78 is 0. The van der Waals surface area contributed by atoms with E-state index >= 15 is 0 Å². The van der Waals surface area contributed by atoms with Crippen molar-refractivity contribution < 1.29 is 0 Å². The third kappa shape index (κ3) is 4.06. The molecule has 0 aliphatic heterocycles. The van der Waals surface area contributed by atoms with E-state index in [1.807, 2.05) is 11.8 Å². The maximum atomic E-state index is 5.68. The van der Waals surface area contributed by atoms with Crippen LogP contribution in [0.25, 0.3) is 0 Å². The van der Waals surface area contributed by atoms with Gasteiger partial charge < -0.3 is 0 Å². The number of thiazole rings is 1. The van der Waals surface area contributed by atoms with Crippen LogP contribution in [0.4, 0.5) is 0 Å². The van der Waals surface area contributed by atoms with Crippen molar-refractivity contribution in [2.45, 2.75) is 38.1 Å². The quantitative estimate of drug-likeness (QED) is 0.489. The van der Waals surface area contributed by atoms with Gasteiger partial charge in [0.2, 0.25) is 0 Å². The predicted octanol–water partition coefficient (Wildman–Crippen LogP) is 3.24. The third-order valence-corrected chi connectivity index (χ3v) is 5.70. The van der Waals surface area contributed by atoms with Crippen molar-refractivity contribution in [2.24, 2.45) is 5.84 Å². The molecular formula is C15H21N3S2. The number of benzene rings is 1. The molecule has 5 heteroatoms. The van der Waals surface area contributed by atoms with Crippen molar-refractivity contribution in [3.63, 3.8) is 0 Å². The molecule has 0 aliphatic rings. The zero-order chi connectivity index (χ0) is 14.5. The van der Waals surface area contributed by atoms with E-state index in [9.17, 15) is 0 Å². The van der Waals surface area contributed by atoms with Gasteiger partial charge in [-0.05, 0) is 32.4 Å². The Kier molecular flexibility index (Phi) is 5.60. The standard InChI is InChI=1S/C15H21N3S2/c1-10-6-4-5-7-14(10)19-9-13(18-16)8-15-17-11(2)12(3)20-15/h4-7,13,18H,8-9,16H2,1-3H3. The number of hydrogen-bond donors (Lipinski definition) is 2. The first-order valence-electron chi connectivity index (χ1n) is 6.67. The summed E-state index contributed by atoms with van der Waals surface area (Å²) in [4.78, 5) is 7.20. The van der Waals surface area contributed by atoms with Crippen molar-refractivity contribution in [3.8, 4) is 0 Å². The van der Waals surface area contributed by atoms with Crippen LogP contribution in [0, 0.1) is 20.8 Å². The lowest BCUT2D eigenvalue weighted by Crippen LogP contribution is -2.38. The summed E-state index contributed by atoms with van der Waals surface area (Å²) >= 11 is 3.61. The minimum Gasteiger partial charge on any atom is -0.271 e. The number of nitrogens with one attached hydrogen (secondary N) is 1. The van der Waals surface area contributed by atoms with Gasteiger partial charge in [-0.1, -0.05) is 18.2 Å². The smallest absolute Gasteiger partial charge is 0.0947 e. The number of hydrazine groups is 1. The second kappa shape index (κ2) is 7.22. The predicted molar refractivity (Wildman–Crippen MR) is 88.3 cm³/mol. The largest absolute Gasteiger partial charge is 0.271 e. The molecule has 0 saturated carbocycles. The highest BCUT2D eigenvalue weighted by molar-refractivity contribution is 7.99. The molecule has 3 nitrogen and oxygen atoms in total.